The smallest absolute Gasteiger partial charge is 0.255 e. The lowest BCUT2D eigenvalue weighted by molar-refractivity contribution is -0.115. The molecule has 0 radical (unpaired) electrons. The number of hydrogen-bond acceptors (Lipinski definition) is 5. The Kier molecular flexibility index (Phi) is 5.17. The van der Waals surface area contributed by atoms with Gasteiger partial charge in [-0.1, -0.05) is 0 Å². The number of halogens is 1. The normalized spacial score (nSPS) is 10.7. The van der Waals surface area contributed by atoms with Crippen LogP contribution < -0.4 is 10.9 Å². The summed E-state index contributed by atoms with van der Waals surface area (Å²) in [6, 6.07) is 7.85. The summed E-state index contributed by atoms with van der Waals surface area (Å²) in [6.45, 7) is 1.66. The zero-order valence-electron chi connectivity index (χ0n) is 16.0. The molecule has 1 aromatic carbocycles. The number of benzene rings is 1. The third-order valence-corrected chi connectivity index (χ3v) is 4.51. The van der Waals surface area contributed by atoms with E-state index in [1.54, 1.807) is 49.9 Å². The van der Waals surface area contributed by atoms with E-state index in [2.05, 4.69) is 25.3 Å². The fraction of sp³-hybridized carbons (Fsp3) is 0.0952. The van der Waals surface area contributed by atoms with E-state index in [0.717, 1.165) is 0 Å². The third kappa shape index (κ3) is 4.00. The molecule has 1 amide bonds. The molecule has 0 aliphatic carbocycles. The highest BCUT2D eigenvalue weighted by Crippen LogP contribution is 2.18. The summed E-state index contributed by atoms with van der Waals surface area (Å²) in [4.78, 5) is 39.9. The lowest BCUT2D eigenvalue weighted by Gasteiger charge is -2.10. The monoisotopic (exact) mass is 404 g/mol. The van der Waals surface area contributed by atoms with E-state index in [4.69, 9.17) is 0 Å². The Morgan fingerprint density at radius 3 is 2.77 bits per heavy atom. The topological polar surface area (TPSA) is 106 Å². The number of H-pyrrole nitrogens is 1. The van der Waals surface area contributed by atoms with Gasteiger partial charge < -0.3 is 14.9 Å². The van der Waals surface area contributed by atoms with Gasteiger partial charge in [0, 0.05) is 47.3 Å². The van der Waals surface area contributed by atoms with Crippen molar-refractivity contribution in [2.24, 2.45) is 0 Å². The number of anilines is 1. The lowest BCUT2D eigenvalue weighted by Crippen LogP contribution is -2.24. The van der Waals surface area contributed by atoms with Crippen LogP contribution in [0.5, 0.6) is 0 Å². The number of imidazole rings is 1. The molecule has 0 unspecified atom stereocenters. The number of nitrogens with zero attached hydrogens (tertiary/aromatic N) is 4. The van der Waals surface area contributed by atoms with E-state index in [-0.39, 0.29) is 17.7 Å². The number of amides is 1. The first-order chi connectivity index (χ1) is 14.5. The van der Waals surface area contributed by atoms with E-state index in [1.165, 1.54) is 23.0 Å². The molecule has 0 atom stereocenters. The van der Waals surface area contributed by atoms with Gasteiger partial charge in [-0.3, -0.25) is 14.6 Å². The summed E-state index contributed by atoms with van der Waals surface area (Å²) in [5.74, 6) is -0.580. The Hall–Kier alpha value is -4.14. The minimum Gasteiger partial charge on any atom is -0.326 e. The van der Waals surface area contributed by atoms with Gasteiger partial charge in [0.1, 0.15) is 11.6 Å². The van der Waals surface area contributed by atoms with E-state index < -0.39 is 17.3 Å². The molecule has 0 fully saturated rings. The molecule has 3 heterocycles. The second-order valence-corrected chi connectivity index (χ2v) is 6.58. The van der Waals surface area contributed by atoms with E-state index in [0.29, 0.717) is 22.8 Å². The first-order valence-corrected chi connectivity index (χ1v) is 9.09. The summed E-state index contributed by atoms with van der Waals surface area (Å²) in [5.41, 5.74) is 1.55. The second kappa shape index (κ2) is 8.08. The molecule has 2 N–H and O–H groups in total. The molecule has 8 nitrogen and oxygen atoms in total. The number of aromatic amines is 1. The number of pyridine rings is 1. The highest BCUT2D eigenvalue weighted by atomic mass is 19.1. The molecule has 0 spiro atoms. The van der Waals surface area contributed by atoms with Crippen LogP contribution in [0.3, 0.4) is 0 Å². The predicted molar refractivity (Wildman–Crippen MR) is 109 cm³/mol. The molecule has 3 aromatic heterocycles. The van der Waals surface area contributed by atoms with Gasteiger partial charge in [0.05, 0.1) is 18.4 Å². The molecule has 9 heteroatoms. The van der Waals surface area contributed by atoms with Crippen molar-refractivity contribution < 1.29 is 9.18 Å². The summed E-state index contributed by atoms with van der Waals surface area (Å²) in [7, 11) is 0. The number of carbonyl (C=O) groups excluding carboxylic acids is 1. The SMILES string of the molecule is Cc1nc(-c2cccnc2)[nH]c(=O)c1CC(=O)Nc1ccc(-n2ccnc2)c(F)c1. The molecular weight excluding hydrogens is 387 g/mol. The van der Waals surface area contributed by atoms with Gasteiger partial charge in [0.25, 0.3) is 5.56 Å². The summed E-state index contributed by atoms with van der Waals surface area (Å²) in [5, 5.41) is 2.61. The van der Waals surface area contributed by atoms with Crippen LogP contribution in [0.1, 0.15) is 11.3 Å². The van der Waals surface area contributed by atoms with Crippen LogP contribution in [0.4, 0.5) is 10.1 Å². The number of nitrogens with one attached hydrogen (secondary N) is 2. The van der Waals surface area contributed by atoms with E-state index >= 15 is 0 Å². The second-order valence-electron chi connectivity index (χ2n) is 6.58. The molecule has 0 bridgehead atoms. The van der Waals surface area contributed by atoms with Crippen LogP contribution in [-0.2, 0) is 11.2 Å². The minimum atomic E-state index is -0.512. The molecule has 30 heavy (non-hydrogen) atoms. The van der Waals surface area contributed by atoms with Crippen molar-refractivity contribution in [3.05, 3.63) is 88.9 Å². The average Bonchev–Trinajstić information content (AvgIpc) is 3.26. The van der Waals surface area contributed by atoms with Crippen molar-refractivity contribution in [2.45, 2.75) is 13.3 Å². The van der Waals surface area contributed by atoms with Gasteiger partial charge in [0.15, 0.2) is 0 Å². The number of rotatable bonds is 5. The fourth-order valence-electron chi connectivity index (χ4n) is 3.02. The maximum Gasteiger partial charge on any atom is 0.255 e. The molecular formula is C21H17FN6O2. The summed E-state index contributed by atoms with van der Waals surface area (Å²) < 4.78 is 15.9. The number of hydrogen-bond donors (Lipinski definition) is 2. The van der Waals surface area contributed by atoms with Crippen molar-refractivity contribution in [3.63, 3.8) is 0 Å². The van der Waals surface area contributed by atoms with Gasteiger partial charge in [-0.05, 0) is 37.3 Å². The summed E-state index contributed by atoms with van der Waals surface area (Å²) >= 11 is 0. The van der Waals surface area contributed by atoms with Crippen molar-refractivity contribution >= 4 is 11.6 Å². The van der Waals surface area contributed by atoms with Crippen LogP contribution >= 0.6 is 0 Å². The zero-order valence-corrected chi connectivity index (χ0v) is 16.0. The largest absolute Gasteiger partial charge is 0.326 e. The van der Waals surface area contributed by atoms with Crippen LogP contribution in [0.15, 0.2) is 66.2 Å². The van der Waals surface area contributed by atoms with Crippen molar-refractivity contribution in [3.8, 4) is 17.1 Å². The van der Waals surface area contributed by atoms with Crippen LogP contribution in [0.2, 0.25) is 0 Å². The van der Waals surface area contributed by atoms with Crippen LogP contribution in [0.25, 0.3) is 17.1 Å². The van der Waals surface area contributed by atoms with Gasteiger partial charge in [-0.25, -0.2) is 14.4 Å². The fourth-order valence-corrected chi connectivity index (χ4v) is 3.02. The van der Waals surface area contributed by atoms with E-state index in [9.17, 15) is 14.0 Å². The molecule has 0 saturated carbocycles. The summed E-state index contributed by atoms with van der Waals surface area (Å²) in [6.07, 6.45) is 7.67. The predicted octanol–water partition coefficient (Wildman–Crippen LogP) is 2.65. The Morgan fingerprint density at radius 2 is 2.10 bits per heavy atom. The highest BCUT2D eigenvalue weighted by Gasteiger charge is 2.14. The maximum atomic E-state index is 14.4. The number of aryl methyl sites for hydroxylation is 1. The highest BCUT2D eigenvalue weighted by molar-refractivity contribution is 5.92. The van der Waals surface area contributed by atoms with Crippen LogP contribution in [-0.4, -0.2) is 30.4 Å². The Labute approximate surface area is 170 Å². The number of aromatic nitrogens is 5. The molecule has 4 aromatic rings. The van der Waals surface area contributed by atoms with Crippen molar-refractivity contribution in [2.75, 3.05) is 5.32 Å². The third-order valence-electron chi connectivity index (χ3n) is 4.51. The van der Waals surface area contributed by atoms with Gasteiger partial charge in [-0.15, -0.1) is 0 Å². The molecule has 150 valence electrons. The lowest BCUT2D eigenvalue weighted by atomic mass is 10.1. The molecule has 0 aliphatic rings. The first-order valence-electron chi connectivity index (χ1n) is 9.09. The van der Waals surface area contributed by atoms with Gasteiger partial charge >= 0.3 is 0 Å². The standard InChI is InChI=1S/C21H17FN6O2/c1-13-16(21(30)27-20(25-13)14-3-2-6-23-11-14)10-19(29)26-15-4-5-18(17(22)9-15)28-8-7-24-12-28/h2-9,11-12H,10H2,1H3,(H,26,29)(H,25,27,30). The Bertz CT molecular complexity index is 1250. The Morgan fingerprint density at radius 1 is 1.23 bits per heavy atom. The molecule has 4 rings (SSSR count). The van der Waals surface area contributed by atoms with E-state index in [1.807, 2.05) is 0 Å². The molecule has 0 aliphatic heterocycles. The van der Waals surface area contributed by atoms with Gasteiger partial charge in [-0.2, -0.15) is 0 Å². The van der Waals surface area contributed by atoms with Crippen molar-refractivity contribution in [1.82, 2.24) is 24.5 Å². The zero-order chi connectivity index (χ0) is 21.1. The first kappa shape index (κ1) is 19.2. The molecule has 0 saturated heterocycles. The maximum absolute atomic E-state index is 14.4. The van der Waals surface area contributed by atoms with Crippen LogP contribution in [0, 0.1) is 12.7 Å². The van der Waals surface area contributed by atoms with Gasteiger partial charge in [0.2, 0.25) is 5.91 Å². The average molecular weight is 404 g/mol. The Balaban J connectivity index is 1.50. The quantitative estimate of drug-likeness (QED) is 0.532. The minimum absolute atomic E-state index is 0.188. The van der Waals surface area contributed by atoms with Crippen molar-refractivity contribution in [1.29, 1.82) is 0 Å². The number of carbonyl (C=O) groups is 1.